The molecular weight excluding hydrogens is 292 g/mol. The molecular formula is C14H16N2O2S2. The highest BCUT2D eigenvalue weighted by Crippen LogP contribution is 2.47. The van der Waals surface area contributed by atoms with Crippen LogP contribution in [-0.4, -0.2) is 14.7 Å². The van der Waals surface area contributed by atoms with Crippen molar-refractivity contribution < 1.29 is 8.42 Å². The summed E-state index contributed by atoms with van der Waals surface area (Å²) in [6.07, 6.45) is 2.82. The fraction of sp³-hybridized carbons (Fsp3) is 0.286. The molecule has 0 radical (unpaired) electrons. The molecule has 1 heterocycles. The van der Waals surface area contributed by atoms with Gasteiger partial charge in [-0.3, -0.25) is 0 Å². The van der Waals surface area contributed by atoms with Crippen LogP contribution in [0.3, 0.4) is 0 Å². The quantitative estimate of drug-likeness (QED) is 0.853. The van der Waals surface area contributed by atoms with Crippen LogP contribution in [0.4, 0.5) is 5.69 Å². The molecule has 0 saturated heterocycles. The van der Waals surface area contributed by atoms with Crippen LogP contribution in [0.25, 0.3) is 11.1 Å². The molecule has 0 amide bonds. The topological polar surface area (TPSA) is 72.2 Å². The van der Waals surface area contributed by atoms with Crippen LogP contribution in [-0.2, 0) is 15.6 Å². The first-order valence-electron chi connectivity index (χ1n) is 6.31. The summed E-state index contributed by atoms with van der Waals surface area (Å²) in [7, 11) is -3.22. The molecule has 3 rings (SSSR count). The van der Waals surface area contributed by atoms with Crippen LogP contribution >= 0.6 is 11.3 Å². The molecule has 0 bridgehead atoms. The minimum absolute atomic E-state index is 0.450. The summed E-state index contributed by atoms with van der Waals surface area (Å²) in [4.78, 5) is 0. The number of rotatable bonds is 4. The Bertz CT molecular complexity index is 733. The monoisotopic (exact) mass is 308 g/mol. The lowest BCUT2D eigenvalue weighted by atomic mass is 9.99. The van der Waals surface area contributed by atoms with Crippen molar-refractivity contribution in [2.24, 2.45) is 0 Å². The van der Waals surface area contributed by atoms with Crippen LogP contribution in [0.5, 0.6) is 0 Å². The predicted molar refractivity (Wildman–Crippen MR) is 83.1 cm³/mol. The molecule has 0 aliphatic heterocycles. The fourth-order valence-corrected chi connectivity index (χ4v) is 4.16. The lowest BCUT2D eigenvalue weighted by molar-refractivity contribution is 0.557. The molecule has 1 aliphatic rings. The fourth-order valence-electron chi connectivity index (χ4n) is 2.47. The number of nitrogen functional groups attached to an aromatic ring is 1. The second-order valence-electron chi connectivity index (χ2n) is 5.27. The van der Waals surface area contributed by atoms with Crippen LogP contribution in [0.1, 0.15) is 18.4 Å². The molecule has 1 aromatic heterocycles. The van der Waals surface area contributed by atoms with Crippen molar-refractivity contribution >= 4 is 27.0 Å². The predicted octanol–water partition coefficient (Wildman–Crippen LogP) is 2.54. The van der Waals surface area contributed by atoms with E-state index >= 15 is 0 Å². The maximum atomic E-state index is 11.5. The first-order chi connectivity index (χ1) is 9.40. The van der Waals surface area contributed by atoms with Gasteiger partial charge in [0.25, 0.3) is 0 Å². The van der Waals surface area contributed by atoms with Crippen molar-refractivity contribution in [2.45, 2.75) is 18.4 Å². The molecule has 0 spiro atoms. The number of hydrogen-bond donors (Lipinski definition) is 2. The van der Waals surface area contributed by atoms with Gasteiger partial charge in [-0.05, 0) is 46.9 Å². The number of thiophene rings is 1. The van der Waals surface area contributed by atoms with E-state index in [4.69, 9.17) is 5.73 Å². The molecule has 1 saturated carbocycles. The third-order valence-electron chi connectivity index (χ3n) is 3.57. The summed E-state index contributed by atoms with van der Waals surface area (Å²) in [5.74, 6) is 0. The molecule has 1 aromatic carbocycles. The van der Waals surface area contributed by atoms with Gasteiger partial charge in [-0.1, -0.05) is 12.1 Å². The van der Waals surface area contributed by atoms with Crippen molar-refractivity contribution in [1.82, 2.24) is 4.72 Å². The molecule has 2 aromatic rings. The normalized spacial score (nSPS) is 17.1. The molecule has 6 heteroatoms. The second-order valence-corrected chi connectivity index (χ2v) is 7.80. The molecule has 0 atom stereocenters. The average Bonchev–Trinajstić information content (AvgIpc) is 2.91. The standard InChI is InChI=1S/C14H16N2O2S2/c1-20(17,18)16-14(5-6-14)11-2-3-12(13(15)8-11)10-4-7-19-9-10/h2-4,7-9,16H,5-6,15H2,1H3. The summed E-state index contributed by atoms with van der Waals surface area (Å²) in [5, 5.41) is 4.06. The van der Waals surface area contributed by atoms with Crippen LogP contribution in [0.15, 0.2) is 35.0 Å². The highest BCUT2D eigenvalue weighted by Gasteiger charge is 2.46. The maximum absolute atomic E-state index is 11.5. The highest BCUT2D eigenvalue weighted by atomic mass is 32.2. The summed E-state index contributed by atoms with van der Waals surface area (Å²) in [5.41, 5.74) is 9.39. The van der Waals surface area contributed by atoms with Crippen LogP contribution in [0, 0.1) is 0 Å². The van der Waals surface area contributed by atoms with Crippen molar-refractivity contribution in [1.29, 1.82) is 0 Å². The van der Waals surface area contributed by atoms with E-state index in [-0.39, 0.29) is 0 Å². The van der Waals surface area contributed by atoms with Gasteiger partial charge >= 0.3 is 0 Å². The second kappa shape index (κ2) is 4.58. The van der Waals surface area contributed by atoms with Gasteiger partial charge in [0.15, 0.2) is 0 Å². The Morgan fingerprint density at radius 2 is 2.05 bits per heavy atom. The van der Waals surface area contributed by atoms with Crippen molar-refractivity contribution in [2.75, 3.05) is 12.0 Å². The first kappa shape index (κ1) is 13.6. The van der Waals surface area contributed by atoms with E-state index in [2.05, 4.69) is 4.72 Å². The largest absolute Gasteiger partial charge is 0.398 e. The Labute approximate surface area is 122 Å². The zero-order chi connectivity index (χ0) is 14.4. The van der Waals surface area contributed by atoms with E-state index in [0.717, 1.165) is 29.5 Å². The van der Waals surface area contributed by atoms with Gasteiger partial charge < -0.3 is 5.73 Å². The number of sulfonamides is 1. The van der Waals surface area contributed by atoms with Gasteiger partial charge in [-0.2, -0.15) is 11.3 Å². The van der Waals surface area contributed by atoms with E-state index in [0.29, 0.717) is 5.69 Å². The van der Waals surface area contributed by atoms with E-state index in [1.165, 1.54) is 6.26 Å². The Morgan fingerprint density at radius 3 is 2.55 bits per heavy atom. The molecule has 20 heavy (non-hydrogen) atoms. The van der Waals surface area contributed by atoms with Gasteiger partial charge in [0.05, 0.1) is 11.8 Å². The van der Waals surface area contributed by atoms with Gasteiger partial charge in [-0.15, -0.1) is 0 Å². The summed E-state index contributed by atoms with van der Waals surface area (Å²) in [6, 6.07) is 7.85. The SMILES string of the molecule is CS(=O)(=O)NC1(c2ccc(-c3ccsc3)c(N)c2)CC1. The van der Waals surface area contributed by atoms with Gasteiger partial charge in [0, 0.05) is 11.3 Å². The first-order valence-corrected chi connectivity index (χ1v) is 9.15. The molecule has 4 nitrogen and oxygen atoms in total. The zero-order valence-electron chi connectivity index (χ0n) is 11.1. The van der Waals surface area contributed by atoms with E-state index < -0.39 is 15.6 Å². The Hall–Kier alpha value is -1.37. The van der Waals surface area contributed by atoms with E-state index in [1.54, 1.807) is 11.3 Å². The number of nitrogens with one attached hydrogen (secondary N) is 1. The lowest BCUT2D eigenvalue weighted by Crippen LogP contribution is -2.33. The Kier molecular flexibility index (Phi) is 3.12. The van der Waals surface area contributed by atoms with Crippen molar-refractivity contribution in [3.63, 3.8) is 0 Å². The maximum Gasteiger partial charge on any atom is 0.209 e. The summed E-state index contributed by atoms with van der Waals surface area (Å²) >= 11 is 1.63. The van der Waals surface area contributed by atoms with E-state index in [1.807, 2.05) is 35.0 Å². The third kappa shape index (κ3) is 2.59. The molecule has 106 valence electrons. The average molecular weight is 308 g/mol. The zero-order valence-corrected chi connectivity index (χ0v) is 12.7. The number of benzene rings is 1. The lowest BCUT2D eigenvalue weighted by Gasteiger charge is -2.18. The highest BCUT2D eigenvalue weighted by molar-refractivity contribution is 7.88. The Balaban J connectivity index is 1.96. The van der Waals surface area contributed by atoms with E-state index in [9.17, 15) is 8.42 Å². The van der Waals surface area contributed by atoms with Gasteiger partial charge in [0.2, 0.25) is 10.0 Å². The molecule has 0 unspecified atom stereocenters. The molecule has 3 N–H and O–H groups in total. The van der Waals surface area contributed by atoms with Gasteiger partial charge in [-0.25, -0.2) is 13.1 Å². The number of hydrogen-bond acceptors (Lipinski definition) is 4. The summed E-state index contributed by atoms with van der Waals surface area (Å²) in [6.45, 7) is 0. The Morgan fingerprint density at radius 1 is 1.30 bits per heavy atom. The third-order valence-corrected chi connectivity index (χ3v) is 5.01. The van der Waals surface area contributed by atoms with Crippen LogP contribution in [0.2, 0.25) is 0 Å². The van der Waals surface area contributed by atoms with Crippen molar-refractivity contribution in [3.8, 4) is 11.1 Å². The molecule has 1 fully saturated rings. The van der Waals surface area contributed by atoms with Crippen molar-refractivity contribution in [3.05, 3.63) is 40.6 Å². The minimum atomic E-state index is -3.22. The molecule has 1 aliphatic carbocycles. The number of anilines is 1. The minimum Gasteiger partial charge on any atom is -0.398 e. The van der Waals surface area contributed by atoms with Gasteiger partial charge in [0.1, 0.15) is 0 Å². The summed E-state index contributed by atoms with van der Waals surface area (Å²) < 4.78 is 25.6. The van der Waals surface area contributed by atoms with Crippen LogP contribution < -0.4 is 10.5 Å². The smallest absolute Gasteiger partial charge is 0.209 e. The number of nitrogens with two attached hydrogens (primary N) is 1.